The molecule has 5 heteroatoms. The fourth-order valence-corrected chi connectivity index (χ4v) is 4.18. The molecular weight excluding hydrogens is 372 g/mol. The summed E-state index contributed by atoms with van der Waals surface area (Å²) in [5.41, 5.74) is 6.51. The third kappa shape index (κ3) is 4.46. The van der Waals surface area contributed by atoms with E-state index < -0.39 is 0 Å². The largest absolute Gasteiger partial charge is 0.337 e. The SMILES string of the molecule is Cc1cc(C)n(-c2ccc(C(=O)N3CCCN(Cc4ccccc4C)CC3)cc2)n1. The molecule has 0 unspecified atom stereocenters. The molecular formula is C25H30N4O. The Labute approximate surface area is 178 Å². The molecule has 0 atom stereocenters. The van der Waals surface area contributed by atoms with Crippen LogP contribution in [0.1, 0.15) is 39.3 Å². The van der Waals surface area contributed by atoms with Crippen LogP contribution in [0.3, 0.4) is 0 Å². The summed E-state index contributed by atoms with van der Waals surface area (Å²) in [5.74, 6) is 0.118. The number of rotatable bonds is 4. The third-order valence-electron chi connectivity index (χ3n) is 5.90. The summed E-state index contributed by atoms with van der Waals surface area (Å²) < 4.78 is 1.92. The summed E-state index contributed by atoms with van der Waals surface area (Å²) in [5, 5.41) is 4.52. The summed E-state index contributed by atoms with van der Waals surface area (Å²) in [6.45, 7) is 10.7. The first kappa shape index (κ1) is 20.4. The Morgan fingerprint density at radius 3 is 2.40 bits per heavy atom. The number of aryl methyl sites for hydroxylation is 3. The normalized spacial score (nSPS) is 15.2. The van der Waals surface area contributed by atoms with Gasteiger partial charge in [-0.05, 0) is 68.7 Å². The van der Waals surface area contributed by atoms with Gasteiger partial charge in [-0.2, -0.15) is 5.10 Å². The standard InChI is InChI=1S/C25H30N4O/c1-19-7-4-5-8-23(19)18-27-13-6-14-28(16-15-27)25(30)22-9-11-24(12-10-22)29-21(3)17-20(2)26-29/h4-5,7-12,17H,6,13-16,18H2,1-3H3. The number of hydrogen-bond acceptors (Lipinski definition) is 3. The van der Waals surface area contributed by atoms with Crippen LogP contribution in [0.25, 0.3) is 5.69 Å². The molecule has 0 spiro atoms. The van der Waals surface area contributed by atoms with Crippen molar-refractivity contribution in [1.29, 1.82) is 0 Å². The predicted molar refractivity (Wildman–Crippen MR) is 120 cm³/mol. The number of carbonyl (C=O) groups excluding carboxylic acids is 1. The highest BCUT2D eigenvalue weighted by Crippen LogP contribution is 2.17. The van der Waals surface area contributed by atoms with Crippen LogP contribution in [-0.4, -0.2) is 51.7 Å². The Kier molecular flexibility index (Phi) is 6.00. The van der Waals surface area contributed by atoms with E-state index in [2.05, 4.69) is 47.3 Å². The fraction of sp³-hybridized carbons (Fsp3) is 0.360. The van der Waals surface area contributed by atoms with Crippen LogP contribution in [0.2, 0.25) is 0 Å². The van der Waals surface area contributed by atoms with Crippen molar-refractivity contribution in [2.75, 3.05) is 26.2 Å². The van der Waals surface area contributed by atoms with E-state index in [1.54, 1.807) is 0 Å². The second-order valence-corrected chi connectivity index (χ2v) is 8.23. The molecule has 156 valence electrons. The highest BCUT2D eigenvalue weighted by Gasteiger charge is 2.21. The van der Waals surface area contributed by atoms with Crippen LogP contribution in [0.5, 0.6) is 0 Å². The number of carbonyl (C=O) groups is 1. The molecule has 1 aromatic heterocycles. The number of benzene rings is 2. The first-order chi connectivity index (χ1) is 14.5. The van der Waals surface area contributed by atoms with Gasteiger partial charge < -0.3 is 4.90 Å². The second kappa shape index (κ2) is 8.84. The van der Waals surface area contributed by atoms with E-state index in [4.69, 9.17) is 0 Å². The monoisotopic (exact) mass is 402 g/mol. The summed E-state index contributed by atoms with van der Waals surface area (Å²) in [7, 11) is 0. The van der Waals surface area contributed by atoms with Crippen molar-refractivity contribution in [2.45, 2.75) is 33.7 Å². The van der Waals surface area contributed by atoms with Gasteiger partial charge in [0.1, 0.15) is 0 Å². The zero-order valence-corrected chi connectivity index (χ0v) is 18.1. The first-order valence-electron chi connectivity index (χ1n) is 10.7. The third-order valence-corrected chi connectivity index (χ3v) is 5.90. The van der Waals surface area contributed by atoms with E-state index in [1.165, 1.54) is 11.1 Å². The summed E-state index contributed by atoms with van der Waals surface area (Å²) >= 11 is 0. The molecule has 0 saturated carbocycles. The highest BCUT2D eigenvalue weighted by molar-refractivity contribution is 5.94. The minimum absolute atomic E-state index is 0.118. The Morgan fingerprint density at radius 1 is 0.933 bits per heavy atom. The van der Waals surface area contributed by atoms with E-state index in [-0.39, 0.29) is 5.91 Å². The molecule has 30 heavy (non-hydrogen) atoms. The summed E-state index contributed by atoms with van der Waals surface area (Å²) in [6, 6.07) is 18.4. The number of amides is 1. The smallest absolute Gasteiger partial charge is 0.253 e. The number of hydrogen-bond donors (Lipinski definition) is 0. The van der Waals surface area contributed by atoms with Crippen molar-refractivity contribution < 1.29 is 4.79 Å². The van der Waals surface area contributed by atoms with Gasteiger partial charge in [0, 0.05) is 44.0 Å². The van der Waals surface area contributed by atoms with Crippen molar-refractivity contribution in [2.24, 2.45) is 0 Å². The molecule has 2 heterocycles. The maximum absolute atomic E-state index is 13.1. The predicted octanol–water partition coefficient (Wildman–Crippen LogP) is 4.15. The maximum atomic E-state index is 13.1. The minimum Gasteiger partial charge on any atom is -0.337 e. The quantitative estimate of drug-likeness (QED) is 0.658. The molecule has 1 aliphatic heterocycles. The molecule has 1 amide bonds. The van der Waals surface area contributed by atoms with E-state index in [0.717, 1.165) is 61.8 Å². The lowest BCUT2D eigenvalue weighted by Gasteiger charge is -2.23. The van der Waals surface area contributed by atoms with Crippen molar-refractivity contribution >= 4 is 5.91 Å². The average Bonchev–Trinajstić information content (AvgIpc) is 2.94. The highest BCUT2D eigenvalue weighted by atomic mass is 16.2. The average molecular weight is 403 g/mol. The molecule has 0 N–H and O–H groups in total. The van der Waals surface area contributed by atoms with Gasteiger partial charge in [0.05, 0.1) is 11.4 Å². The topological polar surface area (TPSA) is 41.4 Å². The van der Waals surface area contributed by atoms with Gasteiger partial charge in [0.2, 0.25) is 0 Å². The van der Waals surface area contributed by atoms with Crippen molar-refractivity contribution in [3.05, 3.63) is 82.7 Å². The lowest BCUT2D eigenvalue weighted by atomic mass is 10.1. The molecule has 4 rings (SSSR count). The van der Waals surface area contributed by atoms with E-state index >= 15 is 0 Å². The second-order valence-electron chi connectivity index (χ2n) is 8.23. The minimum atomic E-state index is 0.118. The van der Waals surface area contributed by atoms with Crippen molar-refractivity contribution in [1.82, 2.24) is 19.6 Å². The maximum Gasteiger partial charge on any atom is 0.253 e. The van der Waals surface area contributed by atoms with Gasteiger partial charge in [-0.25, -0.2) is 4.68 Å². The molecule has 0 bridgehead atoms. The van der Waals surface area contributed by atoms with E-state index in [9.17, 15) is 4.79 Å². The zero-order valence-electron chi connectivity index (χ0n) is 18.1. The van der Waals surface area contributed by atoms with Crippen LogP contribution in [0.15, 0.2) is 54.6 Å². The Morgan fingerprint density at radius 2 is 1.70 bits per heavy atom. The number of aromatic nitrogens is 2. The Balaban J connectivity index is 1.40. The summed E-state index contributed by atoms with van der Waals surface area (Å²) in [4.78, 5) is 17.5. The van der Waals surface area contributed by atoms with Crippen LogP contribution in [-0.2, 0) is 6.54 Å². The van der Waals surface area contributed by atoms with Crippen molar-refractivity contribution in [3.8, 4) is 5.69 Å². The van der Waals surface area contributed by atoms with Crippen LogP contribution in [0, 0.1) is 20.8 Å². The zero-order chi connectivity index (χ0) is 21.1. The molecule has 5 nitrogen and oxygen atoms in total. The van der Waals surface area contributed by atoms with E-state index in [0.29, 0.717) is 0 Å². The Bertz CT molecular complexity index is 1020. The molecule has 3 aromatic rings. The van der Waals surface area contributed by atoms with Gasteiger partial charge in [-0.3, -0.25) is 9.69 Å². The van der Waals surface area contributed by atoms with Gasteiger partial charge in [0.25, 0.3) is 5.91 Å². The molecule has 0 aliphatic carbocycles. The molecule has 2 aromatic carbocycles. The fourth-order valence-electron chi connectivity index (χ4n) is 4.18. The van der Waals surface area contributed by atoms with Gasteiger partial charge in [-0.15, -0.1) is 0 Å². The lowest BCUT2D eigenvalue weighted by Crippen LogP contribution is -2.35. The number of nitrogens with zero attached hydrogens (tertiary/aromatic N) is 4. The first-order valence-corrected chi connectivity index (χ1v) is 10.7. The van der Waals surface area contributed by atoms with Gasteiger partial charge in [-0.1, -0.05) is 24.3 Å². The Hall–Kier alpha value is -2.92. The van der Waals surface area contributed by atoms with Gasteiger partial charge in [0.15, 0.2) is 0 Å². The molecule has 1 fully saturated rings. The van der Waals surface area contributed by atoms with Gasteiger partial charge >= 0.3 is 0 Å². The molecule has 1 saturated heterocycles. The van der Waals surface area contributed by atoms with Crippen molar-refractivity contribution in [3.63, 3.8) is 0 Å². The summed E-state index contributed by atoms with van der Waals surface area (Å²) in [6.07, 6.45) is 1.00. The van der Waals surface area contributed by atoms with Crippen LogP contribution >= 0.6 is 0 Å². The molecule has 0 radical (unpaired) electrons. The lowest BCUT2D eigenvalue weighted by molar-refractivity contribution is 0.0761. The molecule has 1 aliphatic rings. The van der Waals surface area contributed by atoms with E-state index in [1.807, 2.05) is 47.7 Å². The van der Waals surface area contributed by atoms with Crippen LogP contribution < -0.4 is 0 Å². The van der Waals surface area contributed by atoms with Crippen LogP contribution in [0.4, 0.5) is 0 Å².